The van der Waals surface area contributed by atoms with Crippen LogP contribution in [0, 0.1) is 0 Å². The van der Waals surface area contributed by atoms with Crippen molar-refractivity contribution in [3.8, 4) is 17.2 Å². The average Bonchev–Trinajstić information content (AvgIpc) is 2.48. The summed E-state index contributed by atoms with van der Waals surface area (Å²) in [5, 5.41) is 3.27. The summed E-state index contributed by atoms with van der Waals surface area (Å²) in [5.41, 5.74) is 8.32. The van der Waals surface area contributed by atoms with Crippen LogP contribution in [0.15, 0.2) is 34.8 Å². The Labute approximate surface area is 131 Å². The second-order valence-electron chi connectivity index (χ2n) is 4.56. The van der Waals surface area contributed by atoms with E-state index < -0.39 is 0 Å². The van der Waals surface area contributed by atoms with Crippen molar-refractivity contribution < 1.29 is 14.2 Å². The predicted octanol–water partition coefficient (Wildman–Crippen LogP) is 3.55. The Hall–Kier alpha value is -2.08. The molecule has 0 saturated carbocycles. The van der Waals surface area contributed by atoms with Crippen LogP contribution in [-0.2, 0) is 0 Å². The van der Waals surface area contributed by atoms with Gasteiger partial charge in [0.2, 0.25) is 0 Å². The molecule has 0 saturated heterocycles. The molecular formula is C15H15BrN2O3. The van der Waals surface area contributed by atoms with Gasteiger partial charge in [0, 0.05) is 17.8 Å². The summed E-state index contributed by atoms with van der Waals surface area (Å²) in [7, 11) is 1.63. The van der Waals surface area contributed by atoms with E-state index in [-0.39, 0.29) is 0 Å². The molecule has 2 aromatic carbocycles. The van der Waals surface area contributed by atoms with Gasteiger partial charge in [0.05, 0.1) is 23.0 Å². The van der Waals surface area contributed by atoms with Gasteiger partial charge in [-0.15, -0.1) is 0 Å². The minimum absolute atomic E-state index is 0.546. The Kier molecular flexibility index (Phi) is 3.79. The Morgan fingerprint density at radius 3 is 2.52 bits per heavy atom. The molecule has 6 heteroatoms. The fourth-order valence-corrected chi connectivity index (χ4v) is 2.65. The average molecular weight is 351 g/mol. The highest BCUT2D eigenvalue weighted by atomic mass is 79.9. The van der Waals surface area contributed by atoms with Crippen LogP contribution in [0.1, 0.15) is 0 Å². The molecule has 3 rings (SSSR count). The van der Waals surface area contributed by atoms with Gasteiger partial charge >= 0.3 is 0 Å². The van der Waals surface area contributed by atoms with Crippen LogP contribution in [0.2, 0.25) is 0 Å². The third kappa shape index (κ3) is 2.85. The molecule has 0 amide bonds. The van der Waals surface area contributed by atoms with Crippen molar-refractivity contribution in [3.63, 3.8) is 0 Å². The van der Waals surface area contributed by atoms with Gasteiger partial charge < -0.3 is 25.3 Å². The van der Waals surface area contributed by atoms with Crippen LogP contribution in [-0.4, -0.2) is 20.3 Å². The van der Waals surface area contributed by atoms with E-state index in [1.165, 1.54) is 0 Å². The Balaban J connectivity index is 1.89. The zero-order valence-corrected chi connectivity index (χ0v) is 13.1. The molecule has 0 bridgehead atoms. The van der Waals surface area contributed by atoms with Gasteiger partial charge in [-0.3, -0.25) is 0 Å². The Morgan fingerprint density at radius 1 is 1.14 bits per heavy atom. The quantitative estimate of drug-likeness (QED) is 0.828. The maximum Gasteiger partial charge on any atom is 0.163 e. The first-order valence-corrected chi connectivity index (χ1v) is 7.26. The number of halogens is 1. The summed E-state index contributed by atoms with van der Waals surface area (Å²) in [6.45, 7) is 1.09. The zero-order chi connectivity index (χ0) is 14.8. The van der Waals surface area contributed by atoms with Crippen molar-refractivity contribution in [2.24, 2.45) is 0 Å². The van der Waals surface area contributed by atoms with Crippen molar-refractivity contribution in [2.45, 2.75) is 0 Å². The van der Waals surface area contributed by atoms with E-state index in [1.54, 1.807) is 13.2 Å². The van der Waals surface area contributed by atoms with E-state index in [4.69, 9.17) is 19.9 Å². The van der Waals surface area contributed by atoms with Gasteiger partial charge in [-0.2, -0.15) is 0 Å². The first kappa shape index (κ1) is 13.9. The minimum Gasteiger partial charge on any atom is -0.496 e. The maximum atomic E-state index is 6.05. The maximum absolute atomic E-state index is 6.05. The standard InChI is InChI=1S/C15H15BrN2O3/c1-19-13-3-2-9(6-10(13)16)18-12-8-15-14(7-11(12)17)20-4-5-21-15/h2-3,6-8,18H,4-5,17H2,1H3. The number of benzene rings is 2. The van der Waals surface area contributed by atoms with Crippen molar-refractivity contribution in [1.82, 2.24) is 0 Å². The number of nitrogens with two attached hydrogens (primary N) is 1. The number of methoxy groups -OCH3 is 1. The summed E-state index contributed by atoms with van der Waals surface area (Å²) in [6.07, 6.45) is 0. The van der Waals surface area contributed by atoms with Crippen LogP contribution in [0.25, 0.3) is 0 Å². The molecule has 0 aliphatic carbocycles. The number of hydrogen-bond acceptors (Lipinski definition) is 5. The molecule has 0 spiro atoms. The molecule has 1 aliphatic heterocycles. The first-order chi connectivity index (χ1) is 10.2. The van der Waals surface area contributed by atoms with Gasteiger partial charge in [0.25, 0.3) is 0 Å². The van der Waals surface area contributed by atoms with Crippen molar-refractivity contribution in [3.05, 3.63) is 34.8 Å². The normalized spacial score (nSPS) is 12.9. The van der Waals surface area contributed by atoms with Gasteiger partial charge in [-0.25, -0.2) is 0 Å². The van der Waals surface area contributed by atoms with E-state index in [2.05, 4.69) is 21.2 Å². The van der Waals surface area contributed by atoms with Crippen LogP contribution >= 0.6 is 15.9 Å². The van der Waals surface area contributed by atoms with Crippen molar-refractivity contribution in [1.29, 1.82) is 0 Å². The highest BCUT2D eigenvalue weighted by Gasteiger charge is 2.15. The molecule has 0 unspecified atom stereocenters. The van der Waals surface area contributed by atoms with E-state index >= 15 is 0 Å². The first-order valence-electron chi connectivity index (χ1n) is 6.47. The molecule has 1 heterocycles. The lowest BCUT2D eigenvalue weighted by molar-refractivity contribution is 0.172. The monoisotopic (exact) mass is 350 g/mol. The summed E-state index contributed by atoms with van der Waals surface area (Å²) >= 11 is 3.46. The second kappa shape index (κ2) is 5.73. The van der Waals surface area contributed by atoms with Crippen molar-refractivity contribution >= 4 is 33.0 Å². The van der Waals surface area contributed by atoms with Gasteiger partial charge in [-0.05, 0) is 34.1 Å². The van der Waals surface area contributed by atoms with Gasteiger partial charge in [0.1, 0.15) is 19.0 Å². The van der Waals surface area contributed by atoms with E-state index in [0.29, 0.717) is 30.4 Å². The van der Waals surface area contributed by atoms with Crippen molar-refractivity contribution in [2.75, 3.05) is 31.4 Å². The summed E-state index contributed by atoms with van der Waals surface area (Å²) in [4.78, 5) is 0. The summed E-state index contributed by atoms with van der Waals surface area (Å²) in [6, 6.07) is 9.34. The van der Waals surface area contributed by atoms with Crippen LogP contribution in [0.3, 0.4) is 0 Å². The Morgan fingerprint density at radius 2 is 1.86 bits per heavy atom. The zero-order valence-electron chi connectivity index (χ0n) is 11.5. The van der Waals surface area contributed by atoms with E-state index in [9.17, 15) is 0 Å². The molecular weight excluding hydrogens is 336 g/mol. The lowest BCUT2D eigenvalue weighted by atomic mass is 10.2. The molecule has 0 aromatic heterocycles. The van der Waals surface area contributed by atoms with Crippen LogP contribution in [0.4, 0.5) is 17.1 Å². The summed E-state index contributed by atoms with van der Waals surface area (Å²) in [5.74, 6) is 2.15. The lowest BCUT2D eigenvalue weighted by Gasteiger charge is -2.20. The molecule has 21 heavy (non-hydrogen) atoms. The predicted molar refractivity (Wildman–Crippen MR) is 85.8 cm³/mol. The lowest BCUT2D eigenvalue weighted by Crippen LogP contribution is -2.15. The number of ether oxygens (including phenoxy) is 3. The molecule has 3 N–H and O–H groups in total. The highest BCUT2D eigenvalue weighted by molar-refractivity contribution is 9.10. The Bertz CT molecular complexity index is 676. The third-order valence-electron chi connectivity index (χ3n) is 3.15. The number of anilines is 3. The van der Waals surface area contributed by atoms with Gasteiger partial charge in [-0.1, -0.05) is 0 Å². The molecule has 110 valence electrons. The number of hydrogen-bond donors (Lipinski definition) is 2. The smallest absolute Gasteiger partial charge is 0.163 e. The number of rotatable bonds is 3. The number of fused-ring (bicyclic) bond motifs is 1. The molecule has 0 atom stereocenters. The van der Waals surface area contributed by atoms with Crippen LogP contribution in [0.5, 0.6) is 17.2 Å². The second-order valence-corrected chi connectivity index (χ2v) is 5.41. The SMILES string of the molecule is COc1ccc(Nc2cc3c(cc2N)OCCO3)cc1Br. The highest BCUT2D eigenvalue weighted by Crippen LogP contribution is 2.38. The largest absolute Gasteiger partial charge is 0.496 e. The summed E-state index contributed by atoms with van der Waals surface area (Å²) < 4.78 is 17.1. The van der Waals surface area contributed by atoms with E-state index in [0.717, 1.165) is 21.6 Å². The molecule has 0 fully saturated rings. The molecule has 0 radical (unpaired) electrons. The third-order valence-corrected chi connectivity index (χ3v) is 3.76. The fourth-order valence-electron chi connectivity index (χ4n) is 2.11. The molecule has 2 aromatic rings. The number of nitrogens with one attached hydrogen (secondary N) is 1. The number of nitrogen functional groups attached to an aromatic ring is 1. The van der Waals surface area contributed by atoms with Crippen LogP contribution < -0.4 is 25.3 Å². The minimum atomic E-state index is 0.546. The van der Waals surface area contributed by atoms with Gasteiger partial charge in [0.15, 0.2) is 11.5 Å². The fraction of sp³-hybridized carbons (Fsp3) is 0.200. The van der Waals surface area contributed by atoms with E-state index in [1.807, 2.05) is 24.3 Å². The molecule has 5 nitrogen and oxygen atoms in total. The topological polar surface area (TPSA) is 65.7 Å². The molecule has 1 aliphatic rings.